The van der Waals surface area contributed by atoms with E-state index in [1.165, 1.54) is 9.80 Å². The summed E-state index contributed by atoms with van der Waals surface area (Å²) < 4.78 is 0. The summed E-state index contributed by atoms with van der Waals surface area (Å²) in [6.07, 6.45) is 0.324. The first-order valence-electron chi connectivity index (χ1n) is 11.7. The van der Waals surface area contributed by atoms with Gasteiger partial charge in [0.1, 0.15) is 0 Å². The topological polar surface area (TPSA) is 81.2 Å². The number of anilines is 2. The maximum atomic E-state index is 13.2. The van der Waals surface area contributed by atoms with Gasteiger partial charge in [-0.05, 0) is 37.1 Å². The molecule has 0 aromatic heterocycles. The maximum absolute atomic E-state index is 13.2. The van der Waals surface area contributed by atoms with Crippen LogP contribution in [0.5, 0.6) is 0 Å². The molecule has 2 atom stereocenters. The lowest BCUT2D eigenvalue weighted by Crippen LogP contribution is -2.56. The van der Waals surface area contributed by atoms with Crippen LogP contribution in [0.4, 0.5) is 11.4 Å². The fraction of sp³-hybridized carbons (Fsp3) is 0.385. The number of carbonyl (C=O) groups is 4. The Bertz CT molecular complexity index is 1080. The first kappa shape index (κ1) is 22.4. The number of benzene rings is 2. The molecule has 34 heavy (non-hydrogen) atoms. The van der Waals surface area contributed by atoms with E-state index in [4.69, 9.17) is 0 Å². The van der Waals surface area contributed by atoms with E-state index < -0.39 is 12.1 Å². The van der Waals surface area contributed by atoms with Crippen molar-refractivity contribution in [2.24, 2.45) is 0 Å². The molecule has 3 heterocycles. The van der Waals surface area contributed by atoms with Gasteiger partial charge < -0.3 is 0 Å². The molecule has 3 saturated heterocycles. The molecule has 0 aliphatic carbocycles. The molecule has 3 fully saturated rings. The van der Waals surface area contributed by atoms with Crippen molar-refractivity contribution < 1.29 is 19.2 Å². The molecule has 3 aliphatic heterocycles. The Morgan fingerprint density at radius 2 is 0.941 bits per heavy atom. The Balaban J connectivity index is 1.25. The van der Waals surface area contributed by atoms with E-state index in [2.05, 4.69) is 0 Å². The van der Waals surface area contributed by atoms with Crippen molar-refractivity contribution >= 4 is 35.0 Å². The van der Waals surface area contributed by atoms with Crippen LogP contribution in [0.1, 0.15) is 24.0 Å². The zero-order valence-corrected chi connectivity index (χ0v) is 19.4. The molecular weight excluding hydrogens is 432 g/mol. The van der Waals surface area contributed by atoms with Gasteiger partial charge in [-0.15, -0.1) is 0 Å². The molecule has 0 bridgehead atoms. The van der Waals surface area contributed by atoms with E-state index >= 15 is 0 Å². The minimum absolute atomic E-state index is 0.162. The molecular formula is C26H28N4O4. The Kier molecular flexibility index (Phi) is 5.79. The van der Waals surface area contributed by atoms with Crippen LogP contribution in [0.3, 0.4) is 0 Å². The number of piperazine rings is 1. The highest BCUT2D eigenvalue weighted by molar-refractivity contribution is 6.23. The van der Waals surface area contributed by atoms with E-state index in [-0.39, 0.29) is 36.5 Å². The average molecular weight is 461 g/mol. The van der Waals surface area contributed by atoms with E-state index in [9.17, 15) is 19.2 Å². The van der Waals surface area contributed by atoms with Crippen molar-refractivity contribution in [2.45, 2.75) is 38.8 Å². The average Bonchev–Trinajstić information content (AvgIpc) is 3.29. The van der Waals surface area contributed by atoms with Gasteiger partial charge in [0.2, 0.25) is 11.8 Å². The lowest BCUT2D eigenvalue weighted by molar-refractivity contribution is -0.126. The van der Waals surface area contributed by atoms with Crippen molar-refractivity contribution in [3.63, 3.8) is 0 Å². The molecule has 0 saturated carbocycles. The molecule has 2 aromatic carbocycles. The first-order valence-corrected chi connectivity index (χ1v) is 11.7. The predicted molar refractivity (Wildman–Crippen MR) is 127 cm³/mol. The van der Waals surface area contributed by atoms with Gasteiger partial charge >= 0.3 is 0 Å². The van der Waals surface area contributed by atoms with Gasteiger partial charge in [0, 0.05) is 26.2 Å². The molecule has 0 radical (unpaired) electrons. The van der Waals surface area contributed by atoms with Crippen molar-refractivity contribution in [2.75, 3.05) is 36.0 Å². The lowest BCUT2D eigenvalue weighted by atomic mass is 10.1. The monoisotopic (exact) mass is 460 g/mol. The van der Waals surface area contributed by atoms with Gasteiger partial charge in [-0.25, -0.2) is 9.80 Å². The third-order valence-corrected chi connectivity index (χ3v) is 7.19. The fourth-order valence-corrected chi connectivity index (χ4v) is 5.30. The molecule has 0 N–H and O–H groups in total. The summed E-state index contributed by atoms with van der Waals surface area (Å²) in [7, 11) is 0. The summed E-state index contributed by atoms with van der Waals surface area (Å²) in [5.41, 5.74) is 3.06. The molecule has 8 nitrogen and oxygen atoms in total. The number of aryl methyl sites for hydroxylation is 2. The van der Waals surface area contributed by atoms with Crippen LogP contribution in [0.25, 0.3) is 0 Å². The Morgan fingerprint density at radius 3 is 1.29 bits per heavy atom. The van der Waals surface area contributed by atoms with Gasteiger partial charge in [-0.2, -0.15) is 0 Å². The van der Waals surface area contributed by atoms with Gasteiger partial charge in [0.25, 0.3) is 11.8 Å². The van der Waals surface area contributed by atoms with Crippen molar-refractivity contribution in [3.8, 4) is 0 Å². The molecule has 0 spiro atoms. The highest BCUT2D eigenvalue weighted by Crippen LogP contribution is 2.31. The quantitative estimate of drug-likeness (QED) is 0.649. The molecule has 4 amide bonds. The summed E-state index contributed by atoms with van der Waals surface area (Å²) in [6, 6.07) is 13.8. The normalized spacial score (nSPS) is 24.5. The summed E-state index contributed by atoms with van der Waals surface area (Å²) >= 11 is 0. The number of carbonyl (C=O) groups excluding carboxylic acids is 4. The molecule has 5 rings (SSSR count). The number of hydrogen-bond acceptors (Lipinski definition) is 6. The first-order chi connectivity index (χ1) is 16.4. The lowest BCUT2D eigenvalue weighted by Gasteiger charge is -2.38. The van der Waals surface area contributed by atoms with Gasteiger partial charge in [0.05, 0.1) is 36.3 Å². The van der Waals surface area contributed by atoms with Gasteiger partial charge in [0.15, 0.2) is 0 Å². The second kappa shape index (κ2) is 8.77. The van der Waals surface area contributed by atoms with E-state index in [1.807, 2.05) is 60.0 Å². The standard InChI is InChI=1S/C26H28N4O4/c1-17-7-3-5-9-19(17)29-23(31)15-21(25(29)33)27-11-13-28(14-12-27)22-16-24(32)30(26(22)34)20-10-6-4-8-18(20)2/h3-10,21-22H,11-16H2,1-2H3/t21-,22+. The molecule has 2 aromatic rings. The molecule has 0 unspecified atom stereocenters. The van der Waals surface area contributed by atoms with Crippen LogP contribution in [-0.2, 0) is 19.2 Å². The number of hydrogen-bond donors (Lipinski definition) is 0. The number of para-hydroxylation sites is 2. The van der Waals surface area contributed by atoms with Gasteiger partial charge in [-0.1, -0.05) is 36.4 Å². The fourth-order valence-electron chi connectivity index (χ4n) is 5.30. The highest BCUT2D eigenvalue weighted by atomic mass is 16.2. The minimum atomic E-state index is -0.487. The van der Waals surface area contributed by atoms with Crippen LogP contribution in [0, 0.1) is 13.8 Å². The van der Waals surface area contributed by atoms with Crippen LogP contribution < -0.4 is 9.80 Å². The summed E-state index contributed by atoms with van der Waals surface area (Å²) in [6.45, 7) is 6.03. The molecule has 176 valence electrons. The third kappa shape index (κ3) is 3.73. The summed E-state index contributed by atoms with van der Waals surface area (Å²) in [5, 5.41) is 0. The van der Waals surface area contributed by atoms with E-state index in [1.54, 1.807) is 12.1 Å². The van der Waals surface area contributed by atoms with Gasteiger partial charge in [-0.3, -0.25) is 29.0 Å². The van der Waals surface area contributed by atoms with Crippen molar-refractivity contribution in [3.05, 3.63) is 59.7 Å². The van der Waals surface area contributed by atoms with E-state index in [0.717, 1.165) is 11.1 Å². The highest BCUT2D eigenvalue weighted by Gasteiger charge is 2.47. The number of amides is 4. The van der Waals surface area contributed by atoms with Crippen LogP contribution >= 0.6 is 0 Å². The van der Waals surface area contributed by atoms with Crippen molar-refractivity contribution in [1.29, 1.82) is 0 Å². The number of rotatable bonds is 4. The van der Waals surface area contributed by atoms with Crippen LogP contribution in [-0.4, -0.2) is 71.7 Å². The SMILES string of the molecule is Cc1ccccc1N1C(=O)C[C@@H](N2CCN([C@H]3CC(=O)N(c4ccccc4C)C3=O)CC2)C1=O. The maximum Gasteiger partial charge on any atom is 0.251 e. The molecule has 8 heteroatoms. The second-order valence-electron chi connectivity index (χ2n) is 9.22. The third-order valence-electron chi connectivity index (χ3n) is 7.19. The number of nitrogens with zero attached hydrogens (tertiary/aromatic N) is 4. The van der Waals surface area contributed by atoms with Crippen molar-refractivity contribution in [1.82, 2.24) is 9.80 Å². The summed E-state index contributed by atoms with van der Waals surface area (Å²) in [4.78, 5) is 58.5. The van der Waals surface area contributed by atoms with E-state index in [0.29, 0.717) is 37.6 Å². The van der Waals surface area contributed by atoms with Crippen LogP contribution in [0.2, 0.25) is 0 Å². The Morgan fingerprint density at radius 1 is 0.588 bits per heavy atom. The van der Waals surface area contributed by atoms with Crippen LogP contribution in [0.15, 0.2) is 48.5 Å². The zero-order valence-electron chi connectivity index (χ0n) is 19.4. The number of imide groups is 2. The minimum Gasteiger partial charge on any atom is -0.289 e. The largest absolute Gasteiger partial charge is 0.289 e. The predicted octanol–water partition coefficient (Wildman–Crippen LogP) is 1.89. The zero-order chi connectivity index (χ0) is 24.0. The Labute approximate surface area is 198 Å². The summed E-state index contributed by atoms with van der Waals surface area (Å²) in [5.74, 6) is -0.745. The second-order valence-corrected chi connectivity index (χ2v) is 9.22. The Hall–Kier alpha value is -3.36. The molecule has 3 aliphatic rings. The smallest absolute Gasteiger partial charge is 0.251 e.